The number of benzene rings is 2. The van der Waals surface area contributed by atoms with E-state index in [1.54, 1.807) is 28.6 Å². The van der Waals surface area contributed by atoms with Gasteiger partial charge in [0.2, 0.25) is 15.9 Å². The Morgan fingerprint density at radius 1 is 1.06 bits per heavy atom. The van der Waals surface area contributed by atoms with Crippen molar-refractivity contribution in [3.05, 3.63) is 60.4 Å². The van der Waals surface area contributed by atoms with Crippen LogP contribution in [0.1, 0.15) is 31.2 Å². The quantitative estimate of drug-likeness (QED) is 0.588. The number of hydrogen-bond acceptors (Lipinski definition) is 5. The Bertz CT molecular complexity index is 1120. The lowest BCUT2D eigenvalue weighted by Gasteiger charge is -2.25. The van der Waals surface area contributed by atoms with E-state index >= 15 is 0 Å². The molecule has 2 aromatic carbocycles. The number of sulfonamides is 1. The van der Waals surface area contributed by atoms with Gasteiger partial charge in [-0.05, 0) is 49.1 Å². The predicted molar refractivity (Wildman–Crippen MR) is 118 cm³/mol. The van der Waals surface area contributed by atoms with Crippen molar-refractivity contribution in [1.82, 2.24) is 19.5 Å². The first kappa shape index (κ1) is 21.2. The topological polar surface area (TPSA) is 108 Å². The van der Waals surface area contributed by atoms with Crippen molar-refractivity contribution in [2.45, 2.75) is 37.0 Å². The highest BCUT2D eigenvalue weighted by atomic mass is 32.2. The summed E-state index contributed by atoms with van der Waals surface area (Å²) in [5, 5.41) is 9.52. The van der Waals surface area contributed by atoms with E-state index < -0.39 is 10.0 Å². The predicted octanol–water partition coefficient (Wildman–Crippen LogP) is 3.22. The van der Waals surface area contributed by atoms with Gasteiger partial charge >= 0.3 is 0 Å². The first-order valence-corrected chi connectivity index (χ1v) is 11.8. The molecule has 1 aliphatic heterocycles. The van der Waals surface area contributed by atoms with Crippen LogP contribution in [0, 0.1) is 0 Å². The number of aromatic nitrogens is 3. The highest BCUT2D eigenvalue weighted by Crippen LogP contribution is 2.22. The SMILES string of the molecule is O=C(CCc1ccc(S(=O)(=O)N2CCCCC2)cc1)Nc1cccc(-c2ncn[nH]2)c1. The number of aryl methyl sites for hydroxylation is 1. The number of piperidine rings is 1. The Labute approximate surface area is 181 Å². The summed E-state index contributed by atoms with van der Waals surface area (Å²) in [5.74, 6) is 0.524. The zero-order valence-corrected chi connectivity index (χ0v) is 17.9. The van der Waals surface area contributed by atoms with Gasteiger partial charge in [-0.15, -0.1) is 0 Å². The highest BCUT2D eigenvalue weighted by molar-refractivity contribution is 7.89. The van der Waals surface area contributed by atoms with Crippen molar-refractivity contribution in [3.63, 3.8) is 0 Å². The fraction of sp³-hybridized carbons (Fsp3) is 0.318. The molecule has 1 fully saturated rings. The minimum atomic E-state index is -3.43. The number of hydrogen-bond donors (Lipinski definition) is 2. The summed E-state index contributed by atoms with van der Waals surface area (Å²) >= 11 is 0. The molecule has 2 heterocycles. The fourth-order valence-electron chi connectivity index (χ4n) is 3.65. The van der Waals surface area contributed by atoms with E-state index in [0.29, 0.717) is 42.3 Å². The Balaban J connectivity index is 1.33. The number of nitrogens with zero attached hydrogens (tertiary/aromatic N) is 3. The van der Waals surface area contributed by atoms with Crippen LogP contribution in [0.25, 0.3) is 11.4 Å². The van der Waals surface area contributed by atoms with Gasteiger partial charge in [-0.1, -0.05) is 30.7 Å². The van der Waals surface area contributed by atoms with Crippen molar-refractivity contribution in [3.8, 4) is 11.4 Å². The molecule has 0 unspecified atom stereocenters. The van der Waals surface area contributed by atoms with Gasteiger partial charge in [-0.25, -0.2) is 13.4 Å². The third-order valence-corrected chi connectivity index (χ3v) is 7.26. The maximum Gasteiger partial charge on any atom is 0.243 e. The summed E-state index contributed by atoms with van der Waals surface area (Å²) in [6.07, 6.45) is 5.16. The van der Waals surface area contributed by atoms with E-state index in [-0.39, 0.29) is 5.91 Å². The molecule has 0 aliphatic carbocycles. The summed E-state index contributed by atoms with van der Waals surface area (Å²) in [6.45, 7) is 1.17. The molecule has 31 heavy (non-hydrogen) atoms. The first-order valence-electron chi connectivity index (χ1n) is 10.4. The number of aromatic amines is 1. The molecule has 1 aliphatic rings. The molecule has 0 bridgehead atoms. The molecule has 162 valence electrons. The second kappa shape index (κ2) is 9.40. The molecule has 0 saturated carbocycles. The van der Waals surface area contributed by atoms with Gasteiger partial charge in [-0.3, -0.25) is 9.89 Å². The lowest BCUT2D eigenvalue weighted by Crippen LogP contribution is -2.35. The van der Waals surface area contributed by atoms with Gasteiger partial charge < -0.3 is 5.32 Å². The van der Waals surface area contributed by atoms with Crippen molar-refractivity contribution in [2.24, 2.45) is 0 Å². The van der Waals surface area contributed by atoms with Gasteiger partial charge in [0, 0.05) is 30.8 Å². The monoisotopic (exact) mass is 439 g/mol. The molecule has 1 saturated heterocycles. The molecule has 3 aromatic rings. The molecule has 0 radical (unpaired) electrons. The van der Waals surface area contributed by atoms with Crippen LogP contribution in [0.3, 0.4) is 0 Å². The summed E-state index contributed by atoms with van der Waals surface area (Å²) in [7, 11) is -3.43. The molecule has 1 amide bonds. The third kappa shape index (κ3) is 5.18. The molecule has 9 heteroatoms. The van der Waals surface area contributed by atoms with Crippen LogP contribution in [-0.4, -0.2) is 46.9 Å². The lowest BCUT2D eigenvalue weighted by atomic mass is 10.1. The number of amides is 1. The van der Waals surface area contributed by atoms with Gasteiger partial charge in [0.15, 0.2) is 5.82 Å². The molecule has 4 rings (SSSR count). The Morgan fingerprint density at radius 3 is 2.55 bits per heavy atom. The number of rotatable bonds is 7. The van der Waals surface area contributed by atoms with Crippen LogP contribution >= 0.6 is 0 Å². The molecular weight excluding hydrogens is 414 g/mol. The van der Waals surface area contributed by atoms with Gasteiger partial charge in [0.1, 0.15) is 6.33 Å². The van der Waals surface area contributed by atoms with E-state index in [0.717, 1.165) is 30.4 Å². The average molecular weight is 440 g/mol. The normalized spacial score (nSPS) is 15.0. The minimum absolute atomic E-state index is 0.111. The van der Waals surface area contributed by atoms with Gasteiger partial charge in [0.05, 0.1) is 4.90 Å². The van der Waals surface area contributed by atoms with Crippen molar-refractivity contribution in [1.29, 1.82) is 0 Å². The summed E-state index contributed by atoms with van der Waals surface area (Å²) in [6, 6.07) is 14.2. The van der Waals surface area contributed by atoms with Crippen LogP contribution in [0.5, 0.6) is 0 Å². The fourth-order valence-corrected chi connectivity index (χ4v) is 5.17. The van der Waals surface area contributed by atoms with E-state index in [4.69, 9.17) is 0 Å². The van der Waals surface area contributed by atoms with E-state index in [1.807, 2.05) is 24.3 Å². The number of H-pyrrole nitrogens is 1. The smallest absolute Gasteiger partial charge is 0.243 e. The van der Waals surface area contributed by atoms with Crippen molar-refractivity contribution in [2.75, 3.05) is 18.4 Å². The highest BCUT2D eigenvalue weighted by Gasteiger charge is 2.25. The summed E-state index contributed by atoms with van der Waals surface area (Å²) in [4.78, 5) is 16.8. The van der Waals surface area contributed by atoms with Crippen LogP contribution < -0.4 is 5.32 Å². The standard InChI is InChI=1S/C22H25N5O3S/c28-21(25-19-6-4-5-18(15-19)22-23-16-24-26-22)12-9-17-7-10-20(11-8-17)31(29,30)27-13-2-1-3-14-27/h4-8,10-11,15-16H,1-3,9,12-14H2,(H,25,28)(H,23,24,26). The molecule has 2 N–H and O–H groups in total. The average Bonchev–Trinajstić information content (AvgIpc) is 3.34. The van der Waals surface area contributed by atoms with Crippen LogP contribution in [0.2, 0.25) is 0 Å². The molecule has 0 spiro atoms. The Hall–Kier alpha value is -3.04. The van der Waals surface area contributed by atoms with E-state index in [2.05, 4.69) is 20.5 Å². The maximum absolute atomic E-state index is 12.7. The lowest BCUT2D eigenvalue weighted by molar-refractivity contribution is -0.116. The van der Waals surface area contributed by atoms with E-state index in [9.17, 15) is 13.2 Å². The molecular formula is C22H25N5O3S. The molecule has 8 nitrogen and oxygen atoms in total. The van der Waals surface area contributed by atoms with E-state index in [1.165, 1.54) is 6.33 Å². The minimum Gasteiger partial charge on any atom is -0.326 e. The second-order valence-electron chi connectivity index (χ2n) is 7.57. The van der Waals surface area contributed by atoms with Crippen molar-refractivity contribution < 1.29 is 13.2 Å². The summed E-state index contributed by atoms with van der Waals surface area (Å²) < 4.78 is 27.0. The zero-order valence-electron chi connectivity index (χ0n) is 17.1. The maximum atomic E-state index is 12.7. The first-order chi connectivity index (χ1) is 15.0. The van der Waals surface area contributed by atoms with Gasteiger partial charge in [0.25, 0.3) is 0 Å². The second-order valence-corrected chi connectivity index (χ2v) is 9.51. The van der Waals surface area contributed by atoms with Crippen LogP contribution in [0.4, 0.5) is 5.69 Å². The molecule has 1 aromatic heterocycles. The number of carbonyl (C=O) groups is 1. The zero-order chi connectivity index (χ0) is 21.7. The summed E-state index contributed by atoms with van der Waals surface area (Å²) in [5.41, 5.74) is 2.44. The van der Waals surface area contributed by atoms with Crippen molar-refractivity contribution >= 4 is 21.6 Å². The van der Waals surface area contributed by atoms with Crippen LogP contribution in [0.15, 0.2) is 59.8 Å². The Kier molecular flexibility index (Phi) is 6.43. The van der Waals surface area contributed by atoms with Crippen LogP contribution in [-0.2, 0) is 21.2 Å². The Morgan fingerprint density at radius 2 is 1.84 bits per heavy atom. The van der Waals surface area contributed by atoms with Gasteiger partial charge in [-0.2, -0.15) is 9.40 Å². The number of anilines is 1. The largest absolute Gasteiger partial charge is 0.326 e. The third-order valence-electron chi connectivity index (χ3n) is 5.35. The molecule has 0 atom stereocenters. The number of carbonyl (C=O) groups excluding carboxylic acids is 1. The number of nitrogens with one attached hydrogen (secondary N) is 2.